The number of methoxy groups -OCH3 is 3. The molecule has 0 aliphatic heterocycles. The summed E-state index contributed by atoms with van der Waals surface area (Å²) in [5, 5.41) is 3.24. The Morgan fingerprint density at radius 1 is 0.857 bits per heavy atom. The first-order valence-corrected chi connectivity index (χ1v) is 8.70. The van der Waals surface area contributed by atoms with E-state index in [1.807, 2.05) is 48.5 Å². The minimum Gasteiger partial charge on any atom is -0.493 e. The molecule has 1 heterocycles. The first-order valence-electron chi connectivity index (χ1n) is 8.70. The van der Waals surface area contributed by atoms with Crippen LogP contribution in [-0.2, 0) is 0 Å². The van der Waals surface area contributed by atoms with E-state index in [2.05, 4.69) is 10.3 Å². The zero-order valence-electron chi connectivity index (χ0n) is 16.3. The van der Waals surface area contributed by atoms with Gasteiger partial charge in [-0.25, -0.2) is 4.98 Å². The fraction of sp³-hybridized carbons (Fsp3) is 0.182. The predicted molar refractivity (Wildman–Crippen MR) is 109 cm³/mol. The third-order valence-electron chi connectivity index (χ3n) is 4.33. The fourth-order valence-corrected chi connectivity index (χ4v) is 2.84. The van der Waals surface area contributed by atoms with E-state index >= 15 is 0 Å². The molecular weight excluding hydrogens is 356 g/mol. The van der Waals surface area contributed by atoms with Crippen LogP contribution in [0.3, 0.4) is 0 Å². The van der Waals surface area contributed by atoms with Gasteiger partial charge in [0, 0.05) is 35.1 Å². The van der Waals surface area contributed by atoms with E-state index < -0.39 is 0 Å². The molecule has 0 unspecified atom stereocenters. The lowest BCUT2D eigenvalue weighted by atomic mass is 10.0. The number of anilines is 2. The van der Waals surface area contributed by atoms with E-state index in [4.69, 9.17) is 14.2 Å². The van der Waals surface area contributed by atoms with Crippen molar-refractivity contribution in [2.24, 2.45) is 0 Å². The minimum absolute atomic E-state index is 0.0505. The number of rotatable bonds is 7. The molecule has 0 aliphatic carbocycles. The van der Waals surface area contributed by atoms with Crippen molar-refractivity contribution >= 4 is 17.3 Å². The maximum Gasteiger partial charge on any atom is 0.203 e. The molecule has 1 aromatic heterocycles. The van der Waals surface area contributed by atoms with Crippen molar-refractivity contribution in [3.05, 3.63) is 60.3 Å². The van der Waals surface area contributed by atoms with Gasteiger partial charge in [0.05, 0.1) is 21.3 Å². The van der Waals surface area contributed by atoms with Gasteiger partial charge in [-0.1, -0.05) is 24.3 Å². The van der Waals surface area contributed by atoms with Crippen LogP contribution < -0.4 is 19.5 Å². The minimum atomic E-state index is 0.0505. The van der Waals surface area contributed by atoms with E-state index in [1.165, 1.54) is 0 Å². The summed E-state index contributed by atoms with van der Waals surface area (Å²) in [6.45, 7) is 1.56. The Morgan fingerprint density at radius 3 is 1.93 bits per heavy atom. The highest BCUT2D eigenvalue weighted by Crippen LogP contribution is 2.40. The summed E-state index contributed by atoms with van der Waals surface area (Å²) in [4.78, 5) is 15.9. The molecule has 0 atom stereocenters. The predicted octanol–water partition coefficient (Wildman–Crippen LogP) is 4.72. The average molecular weight is 378 g/mol. The number of Topliss-reactive ketones (excluding diaryl/α,β-unsaturated/α-hetero) is 1. The highest BCUT2D eigenvalue weighted by atomic mass is 16.5. The first-order chi connectivity index (χ1) is 13.5. The van der Waals surface area contributed by atoms with Crippen molar-refractivity contribution in [3.63, 3.8) is 0 Å². The Hall–Kier alpha value is -3.54. The van der Waals surface area contributed by atoms with Gasteiger partial charge >= 0.3 is 0 Å². The highest BCUT2D eigenvalue weighted by Gasteiger charge is 2.13. The Bertz CT molecular complexity index is 942. The van der Waals surface area contributed by atoms with E-state index in [1.54, 1.807) is 34.4 Å². The van der Waals surface area contributed by atoms with Crippen LogP contribution in [-0.4, -0.2) is 32.1 Å². The van der Waals surface area contributed by atoms with Crippen LogP contribution in [0.1, 0.15) is 17.3 Å². The van der Waals surface area contributed by atoms with Crippen molar-refractivity contribution in [2.75, 3.05) is 26.6 Å². The van der Waals surface area contributed by atoms with Crippen LogP contribution >= 0.6 is 0 Å². The second-order valence-electron chi connectivity index (χ2n) is 6.10. The molecule has 3 rings (SSSR count). The molecule has 0 spiro atoms. The lowest BCUT2D eigenvalue weighted by Crippen LogP contribution is -1.98. The largest absolute Gasteiger partial charge is 0.493 e. The van der Waals surface area contributed by atoms with Crippen LogP contribution in [0, 0.1) is 0 Å². The number of hydrogen-bond donors (Lipinski definition) is 1. The number of carbonyl (C=O) groups excluding carboxylic acids is 1. The van der Waals surface area contributed by atoms with E-state index in [0.717, 1.165) is 16.8 Å². The number of benzene rings is 2. The lowest BCUT2D eigenvalue weighted by molar-refractivity contribution is 0.101. The molecule has 2 aromatic carbocycles. The molecule has 0 saturated carbocycles. The van der Waals surface area contributed by atoms with Crippen LogP contribution in [0.25, 0.3) is 11.1 Å². The van der Waals surface area contributed by atoms with Gasteiger partial charge in [-0.15, -0.1) is 0 Å². The Morgan fingerprint density at radius 2 is 1.46 bits per heavy atom. The van der Waals surface area contributed by atoms with Gasteiger partial charge < -0.3 is 19.5 Å². The zero-order chi connectivity index (χ0) is 20.1. The molecule has 6 heteroatoms. The third-order valence-corrected chi connectivity index (χ3v) is 4.33. The molecule has 0 radical (unpaired) electrons. The Balaban J connectivity index is 1.81. The summed E-state index contributed by atoms with van der Waals surface area (Å²) in [6.07, 6.45) is 1.78. The molecule has 0 amide bonds. The number of carbonyl (C=O) groups is 1. The molecule has 0 aliphatic rings. The van der Waals surface area contributed by atoms with Crippen molar-refractivity contribution in [1.82, 2.24) is 4.98 Å². The lowest BCUT2D eigenvalue weighted by Gasteiger charge is -2.15. The van der Waals surface area contributed by atoms with Crippen molar-refractivity contribution in [1.29, 1.82) is 0 Å². The van der Waals surface area contributed by atoms with Crippen molar-refractivity contribution in [2.45, 2.75) is 6.92 Å². The van der Waals surface area contributed by atoms with Crippen LogP contribution in [0.5, 0.6) is 17.2 Å². The third kappa shape index (κ3) is 4.06. The molecule has 28 heavy (non-hydrogen) atoms. The normalized spacial score (nSPS) is 10.3. The van der Waals surface area contributed by atoms with Gasteiger partial charge in [-0.2, -0.15) is 0 Å². The Kier molecular flexibility index (Phi) is 5.79. The van der Waals surface area contributed by atoms with E-state index in [-0.39, 0.29) is 5.78 Å². The monoisotopic (exact) mass is 378 g/mol. The van der Waals surface area contributed by atoms with Gasteiger partial charge in [0.2, 0.25) is 5.75 Å². The molecule has 1 N–H and O–H groups in total. The second kappa shape index (κ2) is 8.43. The quantitative estimate of drug-likeness (QED) is 0.600. The molecular formula is C22H22N2O4. The summed E-state index contributed by atoms with van der Waals surface area (Å²) in [5.41, 5.74) is 3.42. The number of ether oxygens (including phenoxy) is 3. The van der Waals surface area contributed by atoms with Gasteiger partial charge in [0.1, 0.15) is 5.82 Å². The maximum atomic E-state index is 11.4. The topological polar surface area (TPSA) is 69.7 Å². The summed E-state index contributed by atoms with van der Waals surface area (Å²) in [5.74, 6) is 2.39. The van der Waals surface area contributed by atoms with E-state index in [0.29, 0.717) is 28.6 Å². The number of nitrogens with zero attached hydrogens (tertiary/aromatic N) is 1. The number of hydrogen-bond acceptors (Lipinski definition) is 6. The molecule has 0 saturated heterocycles. The fourth-order valence-electron chi connectivity index (χ4n) is 2.84. The van der Waals surface area contributed by atoms with Crippen molar-refractivity contribution in [3.8, 4) is 28.4 Å². The van der Waals surface area contributed by atoms with Crippen LogP contribution in [0.2, 0.25) is 0 Å². The van der Waals surface area contributed by atoms with Gasteiger partial charge in [0.25, 0.3) is 0 Å². The van der Waals surface area contributed by atoms with Gasteiger partial charge in [-0.05, 0) is 24.6 Å². The van der Waals surface area contributed by atoms with Gasteiger partial charge in [-0.3, -0.25) is 4.79 Å². The first kappa shape index (κ1) is 19.2. The Labute approximate surface area is 164 Å². The molecule has 144 valence electrons. The second-order valence-corrected chi connectivity index (χ2v) is 6.10. The SMILES string of the molecule is COc1cc(Nc2ccc(-c3ccc(C(C)=O)cc3)cn2)cc(OC)c1OC. The standard InChI is InChI=1S/C22H22N2O4/c1-14(25)15-5-7-16(8-6-15)17-9-10-21(23-13-17)24-18-11-19(26-2)22(28-4)20(12-18)27-3/h5-13H,1-4H3,(H,23,24). The van der Waals surface area contributed by atoms with E-state index in [9.17, 15) is 4.79 Å². The van der Waals surface area contributed by atoms with Crippen LogP contribution in [0.15, 0.2) is 54.7 Å². The molecule has 6 nitrogen and oxygen atoms in total. The maximum absolute atomic E-state index is 11.4. The summed E-state index contributed by atoms with van der Waals surface area (Å²) < 4.78 is 16.1. The molecule has 3 aromatic rings. The molecule has 0 fully saturated rings. The average Bonchev–Trinajstić information content (AvgIpc) is 2.73. The summed E-state index contributed by atoms with van der Waals surface area (Å²) in [6, 6.07) is 15.0. The molecule has 0 bridgehead atoms. The van der Waals surface area contributed by atoms with Crippen LogP contribution in [0.4, 0.5) is 11.5 Å². The zero-order valence-corrected chi connectivity index (χ0v) is 16.3. The number of ketones is 1. The smallest absolute Gasteiger partial charge is 0.203 e. The summed E-state index contributed by atoms with van der Waals surface area (Å²) >= 11 is 0. The summed E-state index contributed by atoms with van der Waals surface area (Å²) in [7, 11) is 4.72. The number of aromatic nitrogens is 1. The van der Waals surface area contributed by atoms with Gasteiger partial charge in [0.15, 0.2) is 17.3 Å². The number of nitrogens with one attached hydrogen (secondary N) is 1. The van der Waals surface area contributed by atoms with Crippen molar-refractivity contribution < 1.29 is 19.0 Å². The highest BCUT2D eigenvalue weighted by molar-refractivity contribution is 5.94. The number of pyridine rings is 1.